The monoisotopic (exact) mass is 209 g/mol. The Balaban J connectivity index is 4.04. The highest BCUT2D eigenvalue weighted by molar-refractivity contribution is 8.39. The second kappa shape index (κ2) is 4.02. The molecule has 0 spiro atoms. The lowest BCUT2D eigenvalue weighted by atomic mass is 10.4. The molecule has 0 saturated heterocycles. The Hall–Kier alpha value is -0.150. The summed E-state index contributed by atoms with van der Waals surface area (Å²) in [6, 6.07) is 0. The molecule has 0 heterocycles. The maximum Gasteiger partial charge on any atom is 0.316 e. The molecule has 1 nitrogen and oxygen atoms in total. The Kier molecular flexibility index (Phi) is 3.97. The van der Waals surface area contributed by atoms with E-state index < -0.39 is 28.2 Å². The summed E-state index contributed by atoms with van der Waals surface area (Å²) >= 11 is 0. The smallest absolute Gasteiger partial charge is 0.204 e. The van der Waals surface area contributed by atoms with Gasteiger partial charge in [-0.05, 0) is 0 Å². The van der Waals surface area contributed by atoms with Crippen LogP contribution < -0.4 is 0 Å². The predicted molar refractivity (Wildman–Crippen MR) is 36.3 cm³/mol. The van der Waals surface area contributed by atoms with Crippen LogP contribution in [0.1, 0.15) is 0 Å². The highest BCUT2D eigenvalue weighted by atomic mass is 35.7. The zero-order valence-corrected chi connectivity index (χ0v) is 6.72. The van der Waals surface area contributed by atoms with Gasteiger partial charge in [0.1, 0.15) is 5.40 Å². The summed E-state index contributed by atoms with van der Waals surface area (Å²) in [4.78, 5) is 0. The summed E-state index contributed by atoms with van der Waals surface area (Å²) in [6.45, 7) is 0. The quantitative estimate of drug-likeness (QED) is 0.431. The standard InChI is InChI=1S/C4H4ClF4NS/c5-11(2-10)1-4(8,9)3(6)7/h3,11H,1H2. The Morgan fingerprint density at radius 3 is 2.27 bits per heavy atom. The van der Waals surface area contributed by atoms with Gasteiger partial charge in [0.15, 0.2) is 0 Å². The van der Waals surface area contributed by atoms with E-state index in [0.29, 0.717) is 0 Å². The molecule has 0 fully saturated rings. The molecule has 0 aliphatic rings. The number of rotatable bonds is 3. The van der Waals surface area contributed by atoms with Crippen LogP contribution in [-0.4, -0.2) is 18.1 Å². The Bertz CT molecular complexity index is 168. The Morgan fingerprint density at radius 1 is 1.55 bits per heavy atom. The number of thiocyanates is 1. The van der Waals surface area contributed by atoms with Crippen molar-refractivity contribution in [3.8, 4) is 5.40 Å². The van der Waals surface area contributed by atoms with Gasteiger partial charge in [-0.15, -0.1) is 0 Å². The van der Waals surface area contributed by atoms with Crippen LogP contribution in [-0.2, 0) is 0 Å². The minimum absolute atomic E-state index is 1.25. The lowest BCUT2D eigenvalue weighted by Crippen LogP contribution is -2.29. The molecule has 0 N–H and O–H groups in total. The molecule has 0 bridgehead atoms. The van der Waals surface area contributed by atoms with Crippen molar-refractivity contribution in [2.45, 2.75) is 12.3 Å². The molecule has 7 heteroatoms. The number of hydrogen-bond acceptors (Lipinski definition) is 1. The summed E-state index contributed by atoms with van der Waals surface area (Å²) in [5.41, 5.74) is 0. The molecule has 11 heavy (non-hydrogen) atoms. The van der Waals surface area contributed by atoms with Crippen molar-refractivity contribution in [1.82, 2.24) is 0 Å². The molecule has 0 rings (SSSR count). The van der Waals surface area contributed by atoms with E-state index in [1.54, 1.807) is 0 Å². The molecule has 0 amide bonds. The maximum absolute atomic E-state index is 12.0. The van der Waals surface area contributed by atoms with E-state index in [0.717, 1.165) is 0 Å². The van der Waals surface area contributed by atoms with Gasteiger partial charge in [0.05, 0.1) is 5.75 Å². The zero-order chi connectivity index (χ0) is 9.07. The van der Waals surface area contributed by atoms with Gasteiger partial charge < -0.3 is 0 Å². The fraction of sp³-hybridized carbons (Fsp3) is 0.750. The minimum atomic E-state index is -4.14. The number of hydrogen-bond donors (Lipinski definition) is 1. The molecule has 1 unspecified atom stereocenters. The van der Waals surface area contributed by atoms with Crippen LogP contribution >= 0.6 is 20.8 Å². The zero-order valence-electron chi connectivity index (χ0n) is 5.07. The highest BCUT2D eigenvalue weighted by Gasteiger charge is 2.41. The van der Waals surface area contributed by atoms with Gasteiger partial charge in [-0.25, -0.2) is 8.78 Å². The van der Waals surface area contributed by atoms with Gasteiger partial charge in [0.2, 0.25) is 0 Å². The third-order valence-electron chi connectivity index (χ3n) is 0.777. The first-order valence-corrected chi connectivity index (χ1v) is 4.82. The Labute approximate surface area is 67.8 Å². The molecule has 0 aliphatic heterocycles. The van der Waals surface area contributed by atoms with Crippen molar-refractivity contribution in [3.05, 3.63) is 0 Å². The average molecular weight is 210 g/mol. The first-order valence-electron chi connectivity index (χ1n) is 2.39. The molecular formula is C4H4ClF4NS. The fourth-order valence-electron chi connectivity index (χ4n) is 0.289. The van der Waals surface area contributed by atoms with E-state index in [1.165, 1.54) is 5.40 Å². The Morgan fingerprint density at radius 2 is 2.00 bits per heavy atom. The third kappa shape index (κ3) is 3.68. The fourth-order valence-corrected chi connectivity index (χ4v) is 1.35. The van der Waals surface area contributed by atoms with Crippen molar-refractivity contribution < 1.29 is 17.6 Å². The van der Waals surface area contributed by atoms with Crippen LogP contribution in [0.25, 0.3) is 0 Å². The predicted octanol–water partition coefficient (Wildman–Crippen LogP) is 2.52. The summed E-state index contributed by atoms with van der Waals surface area (Å²) in [5, 5.41) is 9.24. The summed E-state index contributed by atoms with van der Waals surface area (Å²) in [7, 11) is 2.83. The molecule has 1 atom stereocenters. The van der Waals surface area contributed by atoms with Gasteiger partial charge in [-0.3, -0.25) is 0 Å². The molecule has 0 aromatic carbocycles. The van der Waals surface area contributed by atoms with Crippen molar-refractivity contribution >= 4 is 20.8 Å². The first-order chi connectivity index (χ1) is 4.90. The lowest BCUT2D eigenvalue weighted by molar-refractivity contribution is -0.109. The normalized spacial score (nSPS) is 16.3. The maximum atomic E-state index is 12.0. The summed E-state index contributed by atoms with van der Waals surface area (Å²) in [5.74, 6) is -5.39. The van der Waals surface area contributed by atoms with Crippen LogP contribution in [0.5, 0.6) is 0 Å². The van der Waals surface area contributed by atoms with Gasteiger partial charge in [0.25, 0.3) is 0 Å². The summed E-state index contributed by atoms with van der Waals surface area (Å²) < 4.78 is 46.8. The molecule has 0 radical (unpaired) electrons. The van der Waals surface area contributed by atoms with Crippen LogP contribution in [0.15, 0.2) is 0 Å². The summed E-state index contributed by atoms with van der Waals surface area (Å²) in [6.07, 6.45) is -3.75. The van der Waals surface area contributed by atoms with Gasteiger partial charge >= 0.3 is 12.3 Å². The van der Waals surface area contributed by atoms with E-state index in [4.69, 9.17) is 15.9 Å². The van der Waals surface area contributed by atoms with Gasteiger partial charge in [0, 0.05) is 0 Å². The van der Waals surface area contributed by atoms with Crippen molar-refractivity contribution in [2.75, 3.05) is 5.75 Å². The number of nitrogens with zero attached hydrogens (tertiary/aromatic N) is 1. The molecule has 66 valence electrons. The van der Waals surface area contributed by atoms with Crippen LogP contribution in [0, 0.1) is 10.7 Å². The minimum Gasteiger partial charge on any atom is -0.204 e. The van der Waals surface area contributed by atoms with E-state index >= 15 is 0 Å². The molecular weight excluding hydrogens is 206 g/mol. The topological polar surface area (TPSA) is 23.8 Å². The first kappa shape index (κ1) is 10.8. The lowest BCUT2D eigenvalue weighted by Gasteiger charge is -2.15. The van der Waals surface area contributed by atoms with Crippen LogP contribution in [0.4, 0.5) is 17.6 Å². The largest absolute Gasteiger partial charge is 0.316 e. The number of thiol groups is 1. The van der Waals surface area contributed by atoms with Crippen molar-refractivity contribution in [2.24, 2.45) is 0 Å². The number of halogens is 5. The van der Waals surface area contributed by atoms with E-state index in [-0.39, 0.29) is 0 Å². The van der Waals surface area contributed by atoms with E-state index in [9.17, 15) is 17.6 Å². The second-order valence-electron chi connectivity index (χ2n) is 1.68. The molecule has 0 saturated carbocycles. The van der Waals surface area contributed by atoms with Crippen molar-refractivity contribution in [1.29, 1.82) is 5.26 Å². The number of nitriles is 1. The van der Waals surface area contributed by atoms with E-state index in [2.05, 4.69) is 0 Å². The van der Waals surface area contributed by atoms with Crippen LogP contribution in [0.3, 0.4) is 0 Å². The second-order valence-corrected chi connectivity index (χ2v) is 4.15. The third-order valence-corrected chi connectivity index (χ3v) is 2.28. The van der Waals surface area contributed by atoms with Gasteiger partial charge in [-0.2, -0.15) is 14.0 Å². The van der Waals surface area contributed by atoms with Gasteiger partial charge in [-0.1, -0.05) is 20.8 Å². The van der Waals surface area contributed by atoms with E-state index in [1.807, 2.05) is 0 Å². The molecule has 0 aromatic rings. The highest BCUT2D eigenvalue weighted by Crippen LogP contribution is 2.38. The van der Waals surface area contributed by atoms with Crippen molar-refractivity contribution in [3.63, 3.8) is 0 Å². The SMILES string of the molecule is N#C[SH](Cl)CC(F)(F)C(F)F. The average Bonchev–Trinajstić information content (AvgIpc) is 1.86. The molecule has 0 aliphatic carbocycles. The number of alkyl halides is 4. The van der Waals surface area contributed by atoms with Crippen LogP contribution in [0.2, 0.25) is 0 Å². The molecule has 0 aromatic heterocycles.